The van der Waals surface area contributed by atoms with Crippen molar-refractivity contribution in [1.29, 1.82) is 0 Å². The first-order valence-corrected chi connectivity index (χ1v) is 7.60. The summed E-state index contributed by atoms with van der Waals surface area (Å²) in [6.07, 6.45) is 0.342. The Morgan fingerprint density at radius 2 is 2.08 bits per heavy atom. The molecule has 1 atom stereocenters. The molecule has 1 aromatic carbocycles. The van der Waals surface area contributed by atoms with Gasteiger partial charge in [-0.25, -0.2) is 9.37 Å². The van der Waals surface area contributed by atoms with Crippen LogP contribution in [0.25, 0.3) is 11.1 Å². The van der Waals surface area contributed by atoms with E-state index >= 15 is 0 Å². The van der Waals surface area contributed by atoms with Crippen LogP contribution < -0.4 is 10.5 Å². The summed E-state index contributed by atoms with van der Waals surface area (Å²) in [5.74, 6) is -0.979. The Kier molecular flexibility index (Phi) is 4.89. The van der Waals surface area contributed by atoms with E-state index in [-0.39, 0.29) is 24.0 Å². The van der Waals surface area contributed by atoms with E-state index in [1.807, 2.05) is 0 Å². The van der Waals surface area contributed by atoms with Crippen molar-refractivity contribution in [2.45, 2.75) is 25.6 Å². The van der Waals surface area contributed by atoms with Crippen molar-refractivity contribution in [3.63, 3.8) is 0 Å². The molecule has 8 heteroatoms. The molecule has 0 saturated carbocycles. The smallest absolute Gasteiger partial charge is 0.345 e. The molecule has 1 amide bonds. The van der Waals surface area contributed by atoms with Gasteiger partial charge in [0.05, 0.1) is 6.61 Å². The predicted octanol–water partition coefficient (Wildman–Crippen LogP) is 2.92. The highest BCUT2D eigenvalue weighted by Gasteiger charge is 2.26. The number of primary amides is 1. The van der Waals surface area contributed by atoms with Gasteiger partial charge in [0.2, 0.25) is 5.88 Å². The Hall–Kier alpha value is -2.61. The van der Waals surface area contributed by atoms with E-state index in [4.69, 9.17) is 10.5 Å². The van der Waals surface area contributed by atoms with Gasteiger partial charge in [-0.1, -0.05) is 12.1 Å². The molecule has 1 unspecified atom stereocenters. The number of nitrogens with zero attached hydrogens (tertiary/aromatic N) is 1. The molecule has 2 aromatic rings. The quantitative estimate of drug-likeness (QED) is 0.898. The number of aromatic nitrogens is 1. The summed E-state index contributed by atoms with van der Waals surface area (Å²) in [4.78, 5) is 15.6. The summed E-state index contributed by atoms with van der Waals surface area (Å²) >= 11 is 0. The summed E-state index contributed by atoms with van der Waals surface area (Å²) in [5.41, 5.74) is 7.32. The van der Waals surface area contributed by atoms with Crippen molar-refractivity contribution in [3.05, 3.63) is 47.4 Å². The van der Waals surface area contributed by atoms with Crippen molar-refractivity contribution in [2.75, 3.05) is 6.61 Å². The van der Waals surface area contributed by atoms with Crippen LogP contribution in [-0.4, -0.2) is 30.2 Å². The van der Waals surface area contributed by atoms with Gasteiger partial charge >= 0.3 is 6.61 Å². The van der Waals surface area contributed by atoms with Crippen molar-refractivity contribution >= 4 is 5.91 Å². The molecule has 0 radical (unpaired) electrons. The molecule has 1 aliphatic rings. The minimum absolute atomic E-state index is 0.0199. The number of hydrogen-bond donors (Lipinski definition) is 1. The summed E-state index contributed by atoms with van der Waals surface area (Å²) in [5, 5.41) is 0. The Bertz CT molecular complexity index is 781. The van der Waals surface area contributed by atoms with E-state index in [1.165, 1.54) is 18.2 Å². The maximum Gasteiger partial charge on any atom is 0.345 e. The standard InChI is InChI=1S/C17H15F3N2O3/c18-10-3-1-9(2-4-10)13-7-14(15(21)23)22-16-12(13)6-5-11(25-16)8-24-17(19)20/h1-4,7,11,17H,5-6,8H2,(H2,21,23). The number of alkyl halides is 2. The van der Waals surface area contributed by atoms with E-state index < -0.39 is 18.6 Å². The third-order valence-electron chi connectivity index (χ3n) is 3.90. The molecule has 1 aliphatic heterocycles. The number of nitrogens with two attached hydrogens (primary N) is 1. The average Bonchev–Trinajstić information content (AvgIpc) is 2.59. The van der Waals surface area contributed by atoms with Crippen molar-refractivity contribution in [2.24, 2.45) is 5.73 Å². The Balaban J connectivity index is 1.97. The maximum absolute atomic E-state index is 13.2. The van der Waals surface area contributed by atoms with E-state index in [1.54, 1.807) is 12.1 Å². The molecule has 0 fully saturated rings. The SMILES string of the molecule is NC(=O)c1cc(-c2ccc(F)cc2)c2c(n1)OC(COC(F)F)CC2. The Morgan fingerprint density at radius 3 is 2.72 bits per heavy atom. The second-order valence-corrected chi connectivity index (χ2v) is 5.58. The molecule has 0 aliphatic carbocycles. The number of rotatable bonds is 5. The van der Waals surface area contributed by atoms with Crippen LogP contribution in [-0.2, 0) is 11.2 Å². The second kappa shape index (κ2) is 7.10. The Labute approximate surface area is 141 Å². The lowest BCUT2D eigenvalue weighted by atomic mass is 9.94. The minimum Gasteiger partial charge on any atom is -0.472 e. The van der Waals surface area contributed by atoms with E-state index in [0.29, 0.717) is 29.5 Å². The van der Waals surface area contributed by atoms with Crippen LogP contribution in [0.5, 0.6) is 5.88 Å². The number of fused-ring (bicyclic) bond motifs is 1. The summed E-state index contributed by atoms with van der Waals surface area (Å²) in [6.45, 7) is -3.17. The molecule has 3 rings (SSSR count). The predicted molar refractivity (Wildman–Crippen MR) is 82.8 cm³/mol. The van der Waals surface area contributed by atoms with Gasteiger partial charge in [-0.3, -0.25) is 4.79 Å². The zero-order valence-corrected chi connectivity index (χ0v) is 13.0. The van der Waals surface area contributed by atoms with Crippen molar-refractivity contribution < 1.29 is 27.4 Å². The van der Waals surface area contributed by atoms with E-state index in [2.05, 4.69) is 9.72 Å². The molecule has 0 saturated heterocycles. The normalized spacial score (nSPS) is 16.4. The first-order chi connectivity index (χ1) is 11.9. The lowest BCUT2D eigenvalue weighted by Crippen LogP contribution is -2.30. The highest BCUT2D eigenvalue weighted by atomic mass is 19.3. The van der Waals surface area contributed by atoms with Gasteiger partial charge in [-0.05, 0) is 42.2 Å². The summed E-state index contributed by atoms with van der Waals surface area (Å²) < 4.78 is 47.4. The molecule has 0 spiro atoms. The number of hydrogen-bond acceptors (Lipinski definition) is 4. The molecule has 2 N–H and O–H groups in total. The molecular formula is C17H15F3N2O3. The average molecular weight is 352 g/mol. The minimum atomic E-state index is -2.88. The fourth-order valence-electron chi connectivity index (χ4n) is 2.72. The lowest BCUT2D eigenvalue weighted by Gasteiger charge is -2.27. The van der Waals surface area contributed by atoms with Gasteiger partial charge in [-0.2, -0.15) is 8.78 Å². The fraction of sp³-hybridized carbons (Fsp3) is 0.294. The number of halogens is 3. The second-order valence-electron chi connectivity index (χ2n) is 5.58. The summed E-state index contributed by atoms with van der Waals surface area (Å²) in [6, 6.07) is 7.27. The summed E-state index contributed by atoms with van der Waals surface area (Å²) in [7, 11) is 0. The zero-order valence-electron chi connectivity index (χ0n) is 13.0. The molecule has 5 nitrogen and oxygen atoms in total. The fourth-order valence-corrected chi connectivity index (χ4v) is 2.72. The van der Waals surface area contributed by atoms with Crippen LogP contribution >= 0.6 is 0 Å². The number of benzene rings is 1. The highest BCUT2D eigenvalue weighted by Crippen LogP contribution is 2.35. The van der Waals surface area contributed by atoms with Gasteiger partial charge in [0.1, 0.15) is 17.6 Å². The first kappa shape index (κ1) is 17.2. The molecule has 2 heterocycles. The van der Waals surface area contributed by atoms with Gasteiger partial charge in [0.15, 0.2) is 0 Å². The number of carbonyl (C=O) groups is 1. The number of ether oxygens (including phenoxy) is 2. The molecule has 1 aromatic heterocycles. The molecular weight excluding hydrogens is 337 g/mol. The van der Waals surface area contributed by atoms with Crippen LogP contribution in [0.2, 0.25) is 0 Å². The third kappa shape index (κ3) is 3.90. The van der Waals surface area contributed by atoms with Gasteiger partial charge < -0.3 is 15.2 Å². The van der Waals surface area contributed by atoms with E-state index in [0.717, 1.165) is 0 Å². The Morgan fingerprint density at radius 1 is 1.36 bits per heavy atom. The van der Waals surface area contributed by atoms with Crippen LogP contribution in [0.1, 0.15) is 22.5 Å². The zero-order chi connectivity index (χ0) is 18.0. The topological polar surface area (TPSA) is 74.4 Å². The number of carbonyl (C=O) groups excluding carboxylic acids is 1. The highest BCUT2D eigenvalue weighted by molar-refractivity contribution is 5.93. The van der Waals surface area contributed by atoms with Gasteiger partial charge in [0.25, 0.3) is 5.91 Å². The van der Waals surface area contributed by atoms with Gasteiger partial charge in [-0.15, -0.1) is 0 Å². The number of amides is 1. The third-order valence-corrected chi connectivity index (χ3v) is 3.90. The maximum atomic E-state index is 13.2. The van der Waals surface area contributed by atoms with Crippen LogP contribution in [0.3, 0.4) is 0 Å². The van der Waals surface area contributed by atoms with Crippen LogP contribution in [0.15, 0.2) is 30.3 Å². The first-order valence-electron chi connectivity index (χ1n) is 7.60. The van der Waals surface area contributed by atoms with Crippen molar-refractivity contribution in [3.8, 4) is 17.0 Å². The lowest BCUT2D eigenvalue weighted by molar-refractivity contribution is -0.146. The largest absolute Gasteiger partial charge is 0.472 e. The van der Waals surface area contributed by atoms with E-state index in [9.17, 15) is 18.0 Å². The van der Waals surface area contributed by atoms with Crippen LogP contribution in [0, 0.1) is 5.82 Å². The van der Waals surface area contributed by atoms with Gasteiger partial charge in [0, 0.05) is 5.56 Å². The number of pyridine rings is 1. The van der Waals surface area contributed by atoms with Crippen molar-refractivity contribution in [1.82, 2.24) is 4.98 Å². The molecule has 132 valence electrons. The molecule has 0 bridgehead atoms. The van der Waals surface area contributed by atoms with Crippen LogP contribution in [0.4, 0.5) is 13.2 Å². The monoisotopic (exact) mass is 352 g/mol. The molecule has 25 heavy (non-hydrogen) atoms.